The number of unbranched alkanes of at least 4 members (excludes halogenated alkanes) is 2. The van der Waals surface area contributed by atoms with Gasteiger partial charge in [0.2, 0.25) is 5.91 Å². The van der Waals surface area contributed by atoms with Crippen LogP contribution in [0.3, 0.4) is 0 Å². The maximum atomic E-state index is 11.3. The van der Waals surface area contributed by atoms with Gasteiger partial charge in [0, 0.05) is 25.8 Å². The Bertz CT molecular complexity index is 283. The molecule has 1 atom stereocenters. The first kappa shape index (κ1) is 18.9. The van der Waals surface area contributed by atoms with Crippen LogP contribution in [0.2, 0.25) is 0 Å². The van der Waals surface area contributed by atoms with Crippen LogP contribution >= 0.6 is 19.6 Å². The highest BCUT2D eigenvalue weighted by molar-refractivity contribution is 7.98. The van der Waals surface area contributed by atoms with Gasteiger partial charge in [0.25, 0.3) is 0 Å². The maximum Gasteiger partial charge on any atom is 0.501 e. The third kappa shape index (κ3) is 10.4. The number of amides is 1. The summed E-state index contributed by atoms with van der Waals surface area (Å²) in [7, 11) is -2.66. The Balaban J connectivity index is 3.41. The van der Waals surface area contributed by atoms with E-state index in [0.29, 0.717) is 19.4 Å². The first-order valence-electron chi connectivity index (χ1n) is 5.97. The summed E-state index contributed by atoms with van der Waals surface area (Å²) in [4.78, 5) is 11.3. The molecule has 0 rings (SSSR count). The van der Waals surface area contributed by atoms with Gasteiger partial charge < -0.3 is 5.32 Å². The average Bonchev–Trinajstić information content (AvgIpc) is 2.43. The predicted molar refractivity (Wildman–Crippen MR) is 74.1 cm³/mol. The number of carbonyl (C=O) groups excluding carboxylic acids is 1. The average molecular weight is 315 g/mol. The molecule has 0 aliphatic carbocycles. The highest BCUT2D eigenvalue weighted by Gasteiger charge is 2.24. The molecule has 1 unspecified atom stereocenters. The van der Waals surface area contributed by atoms with Gasteiger partial charge >= 0.3 is 7.82 Å². The largest absolute Gasteiger partial charge is 0.501 e. The second kappa shape index (κ2) is 11.7. The van der Waals surface area contributed by atoms with E-state index in [4.69, 9.17) is 9.78 Å². The minimum Gasteiger partial charge on any atom is -0.356 e. The van der Waals surface area contributed by atoms with Crippen LogP contribution in [-0.4, -0.2) is 43.4 Å². The Morgan fingerprint density at radius 1 is 1.37 bits per heavy atom. The van der Waals surface area contributed by atoms with Crippen LogP contribution in [-0.2, 0) is 23.1 Å². The maximum absolute atomic E-state index is 11.3. The predicted octanol–water partition coefficient (Wildman–Crippen LogP) is 2.29. The number of hydrogen-bond donors (Lipinski definition) is 2. The number of thioether (sulfide) groups is 1. The zero-order chi connectivity index (χ0) is 14.6. The molecule has 7 nitrogen and oxygen atoms in total. The zero-order valence-electron chi connectivity index (χ0n) is 11.3. The van der Waals surface area contributed by atoms with Gasteiger partial charge in [-0.1, -0.05) is 0 Å². The Hall–Kier alpha value is -0.110. The minimum atomic E-state index is -3.78. The van der Waals surface area contributed by atoms with Crippen LogP contribution in [0.4, 0.5) is 0 Å². The molecule has 0 heterocycles. The molecule has 1 amide bonds. The van der Waals surface area contributed by atoms with E-state index in [2.05, 4.69) is 14.5 Å². The van der Waals surface area contributed by atoms with Crippen molar-refractivity contribution in [3.05, 3.63) is 0 Å². The third-order valence-electron chi connectivity index (χ3n) is 2.25. The van der Waals surface area contributed by atoms with Crippen molar-refractivity contribution >= 4 is 25.5 Å². The summed E-state index contributed by atoms with van der Waals surface area (Å²) in [5.41, 5.74) is 0. The number of phosphoric ester groups is 1. The van der Waals surface area contributed by atoms with Crippen molar-refractivity contribution in [3.63, 3.8) is 0 Å². The van der Waals surface area contributed by atoms with Gasteiger partial charge in [-0.25, -0.2) is 9.82 Å². The lowest BCUT2D eigenvalue weighted by atomic mass is 10.2. The molecule has 0 aromatic heterocycles. The van der Waals surface area contributed by atoms with Gasteiger partial charge in [0.15, 0.2) is 0 Å². The molecule has 0 saturated carbocycles. The summed E-state index contributed by atoms with van der Waals surface area (Å²) in [6.07, 6.45) is 4.75. The normalized spacial score (nSPS) is 14.1. The van der Waals surface area contributed by atoms with Gasteiger partial charge in [-0.3, -0.25) is 13.8 Å². The molecule has 2 N–H and O–H groups in total. The van der Waals surface area contributed by atoms with Crippen LogP contribution in [0.5, 0.6) is 0 Å². The van der Waals surface area contributed by atoms with Gasteiger partial charge in [0.1, 0.15) is 0 Å². The second-order valence-electron chi connectivity index (χ2n) is 3.70. The molecule has 0 aliphatic heterocycles. The van der Waals surface area contributed by atoms with Crippen LogP contribution in [0.15, 0.2) is 0 Å². The fourth-order valence-corrected chi connectivity index (χ4v) is 2.16. The van der Waals surface area contributed by atoms with E-state index in [1.54, 1.807) is 11.8 Å². The highest BCUT2D eigenvalue weighted by atomic mass is 32.2. The number of hydrogen-bond acceptors (Lipinski definition) is 7. The third-order valence-corrected chi connectivity index (χ3v) is 4.01. The molecule has 0 spiro atoms. The smallest absolute Gasteiger partial charge is 0.356 e. The van der Waals surface area contributed by atoms with Crippen molar-refractivity contribution in [2.45, 2.75) is 25.7 Å². The highest BCUT2D eigenvalue weighted by Crippen LogP contribution is 2.47. The zero-order valence-corrected chi connectivity index (χ0v) is 13.0. The van der Waals surface area contributed by atoms with E-state index >= 15 is 0 Å². The summed E-state index contributed by atoms with van der Waals surface area (Å²) in [6, 6.07) is 0. The van der Waals surface area contributed by atoms with E-state index in [0.717, 1.165) is 25.7 Å². The lowest BCUT2D eigenvalue weighted by Gasteiger charge is -2.11. The molecular weight excluding hydrogens is 293 g/mol. The fourth-order valence-electron chi connectivity index (χ4n) is 1.20. The molecule has 114 valence electrons. The molecule has 0 saturated heterocycles. The topological polar surface area (TPSA) is 94.1 Å². The first-order chi connectivity index (χ1) is 9.08. The van der Waals surface area contributed by atoms with Crippen molar-refractivity contribution in [1.29, 1.82) is 0 Å². The summed E-state index contributed by atoms with van der Waals surface area (Å²) >= 11 is 1.64. The summed E-state index contributed by atoms with van der Waals surface area (Å²) in [6.45, 7) is 0.776. The number of nitrogens with one attached hydrogen (secondary N) is 1. The van der Waals surface area contributed by atoms with Crippen molar-refractivity contribution < 1.29 is 28.3 Å². The number of rotatable bonds is 12. The van der Waals surface area contributed by atoms with E-state index in [-0.39, 0.29) is 12.5 Å². The monoisotopic (exact) mass is 315 g/mol. The molecular formula is C10H22NO6PS. The molecule has 19 heavy (non-hydrogen) atoms. The minimum absolute atomic E-state index is 0.0585. The first-order valence-corrected chi connectivity index (χ1v) is 8.82. The molecule has 0 radical (unpaired) electrons. The second-order valence-corrected chi connectivity index (χ2v) is 6.36. The fraction of sp³-hybridized carbons (Fsp3) is 0.900. The van der Waals surface area contributed by atoms with Crippen LogP contribution in [0.1, 0.15) is 25.7 Å². The molecule has 0 aliphatic rings. The van der Waals surface area contributed by atoms with Crippen LogP contribution in [0, 0.1) is 0 Å². The van der Waals surface area contributed by atoms with Gasteiger partial charge in [0.05, 0.1) is 6.61 Å². The van der Waals surface area contributed by atoms with E-state index in [1.165, 1.54) is 0 Å². The SMILES string of the molecule is COP(=O)(OO)OCCCCCNC(=O)CCSC. The summed E-state index contributed by atoms with van der Waals surface area (Å²) in [5, 5.41) is 11.1. The molecule has 0 aromatic carbocycles. The Morgan fingerprint density at radius 3 is 2.68 bits per heavy atom. The quantitative estimate of drug-likeness (QED) is 0.247. The van der Waals surface area contributed by atoms with Crippen molar-refractivity contribution in [1.82, 2.24) is 5.32 Å². The summed E-state index contributed by atoms with van der Waals surface area (Å²) < 4.78 is 24.1. The summed E-state index contributed by atoms with van der Waals surface area (Å²) in [5.74, 6) is 0.885. The lowest BCUT2D eigenvalue weighted by Crippen LogP contribution is -2.24. The van der Waals surface area contributed by atoms with Crippen LogP contribution < -0.4 is 5.32 Å². The van der Waals surface area contributed by atoms with Crippen molar-refractivity contribution in [2.24, 2.45) is 0 Å². The molecule has 0 aromatic rings. The number of carbonyl (C=O) groups is 1. The Morgan fingerprint density at radius 2 is 2.11 bits per heavy atom. The number of phosphoric acid groups is 1. The Kier molecular flexibility index (Phi) is 11.6. The van der Waals surface area contributed by atoms with Crippen molar-refractivity contribution in [3.8, 4) is 0 Å². The van der Waals surface area contributed by atoms with Crippen LogP contribution in [0.25, 0.3) is 0 Å². The van der Waals surface area contributed by atoms with Gasteiger partial charge in [-0.05, 0) is 25.5 Å². The van der Waals surface area contributed by atoms with E-state index < -0.39 is 7.82 Å². The van der Waals surface area contributed by atoms with E-state index in [9.17, 15) is 9.36 Å². The lowest BCUT2D eigenvalue weighted by molar-refractivity contribution is -0.164. The van der Waals surface area contributed by atoms with E-state index in [1.807, 2.05) is 6.26 Å². The molecule has 0 bridgehead atoms. The molecule has 9 heteroatoms. The van der Waals surface area contributed by atoms with Gasteiger partial charge in [-0.15, -0.1) is 4.67 Å². The standard InChI is InChI=1S/C10H22NO6PS/c1-15-18(14,17-13)16-8-5-3-4-7-11-10(12)6-9-19-2/h13H,3-9H2,1-2H3,(H,11,12). The Labute approximate surface area is 117 Å². The molecule has 0 fully saturated rings. The van der Waals surface area contributed by atoms with Gasteiger partial charge in [-0.2, -0.15) is 11.8 Å². The van der Waals surface area contributed by atoms with Crippen molar-refractivity contribution in [2.75, 3.05) is 32.3 Å².